The molecule has 3 aromatic rings. The van der Waals surface area contributed by atoms with Crippen LogP contribution in [0.5, 0.6) is 0 Å². The van der Waals surface area contributed by atoms with Gasteiger partial charge in [0.2, 0.25) is 5.91 Å². The van der Waals surface area contributed by atoms with Crippen LogP contribution in [-0.2, 0) is 11.3 Å². The smallest absolute Gasteiger partial charge is 0.298 e. The predicted octanol–water partition coefficient (Wildman–Crippen LogP) is 2.68. The van der Waals surface area contributed by atoms with Crippen LogP contribution >= 0.6 is 0 Å². The van der Waals surface area contributed by atoms with Crippen molar-refractivity contribution in [2.75, 3.05) is 17.6 Å². The molecule has 0 saturated heterocycles. The van der Waals surface area contributed by atoms with Gasteiger partial charge in [-0.3, -0.25) is 14.2 Å². The van der Waals surface area contributed by atoms with Gasteiger partial charge in [-0.1, -0.05) is 37.3 Å². The van der Waals surface area contributed by atoms with Gasteiger partial charge in [-0.2, -0.15) is 0 Å². The van der Waals surface area contributed by atoms with Gasteiger partial charge in [0.1, 0.15) is 5.82 Å². The van der Waals surface area contributed by atoms with E-state index < -0.39 is 0 Å². The van der Waals surface area contributed by atoms with Crippen molar-refractivity contribution in [3.63, 3.8) is 0 Å². The minimum atomic E-state index is -0.303. The molecule has 4 N–H and O–H groups in total. The van der Waals surface area contributed by atoms with Crippen molar-refractivity contribution in [3.05, 3.63) is 75.5 Å². The van der Waals surface area contributed by atoms with Crippen molar-refractivity contribution in [3.8, 4) is 5.69 Å². The summed E-state index contributed by atoms with van der Waals surface area (Å²) in [4.78, 5) is 33.2. The standard InChI is InChI=1S/C23H28N6O2/c1-14(18-8-6-5-7-9-18)11-26-22-23(31)29(15(2)12-27-22)20-10-19(13-25-17(4)30)16(3)28-21(20)24/h5-10,12,14H,11,13H2,1-4H3,(H2,24,28)(H,25,30)(H,26,27)/t14-/m0/s1. The molecule has 2 heterocycles. The van der Waals surface area contributed by atoms with Gasteiger partial charge in [-0.05, 0) is 37.0 Å². The number of pyridine rings is 1. The Balaban J connectivity index is 1.93. The minimum Gasteiger partial charge on any atom is -0.382 e. The zero-order chi connectivity index (χ0) is 22.5. The van der Waals surface area contributed by atoms with Gasteiger partial charge in [-0.15, -0.1) is 0 Å². The third-order valence-corrected chi connectivity index (χ3v) is 5.18. The lowest BCUT2D eigenvalue weighted by Crippen LogP contribution is -2.28. The summed E-state index contributed by atoms with van der Waals surface area (Å²) in [5.41, 5.74) is 9.63. The average molecular weight is 421 g/mol. The van der Waals surface area contributed by atoms with Crippen molar-refractivity contribution in [1.82, 2.24) is 19.9 Å². The van der Waals surface area contributed by atoms with E-state index in [1.54, 1.807) is 19.2 Å². The number of nitrogens with zero attached hydrogens (tertiary/aromatic N) is 3. The Labute approximate surface area is 181 Å². The fraction of sp³-hybridized carbons (Fsp3) is 0.304. The van der Waals surface area contributed by atoms with Crippen LogP contribution in [0.3, 0.4) is 0 Å². The molecule has 31 heavy (non-hydrogen) atoms. The lowest BCUT2D eigenvalue weighted by Gasteiger charge is -2.17. The highest BCUT2D eigenvalue weighted by Gasteiger charge is 2.16. The summed E-state index contributed by atoms with van der Waals surface area (Å²) in [6.45, 7) is 8.01. The van der Waals surface area contributed by atoms with Crippen molar-refractivity contribution >= 4 is 17.5 Å². The molecule has 0 radical (unpaired) electrons. The van der Waals surface area contributed by atoms with Crippen LogP contribution in [-0.4, -0.2) is 27.0 Å². The summed E-state index contributed by atoms with van der Waals surface area (Å²) in [6, 6.07) is 11.9. The van der Waals surface area contributed by atoms with Crippen LogP contribution in [0.2, 0.25) is 0 Å². The first-order valence-corrected chi connectivity index (χ1v) is 10.2. The number of rotatable bonds is 7. The molecule has 1 atom stereocenters. The molecular weight excluding hydrogens is 392 g/mol. The van der Waals surface area contributed by atoms with E-state index in [0.29, 0.717) is 30.2 Å². The number of carbonyl (C=O) groups excluding carboxylic acids is 1. The van der Waals surface area contributed by atoms with Crippen molar-refractivity contribution in [1.29, 1.82) is 0 Å². The first-order chi connectivity index (χ1) is 14.8. The maximum Gasteiger partial charge on any atom is 0.298 e. The molecule has 1 amide bonds. The average Bonchev–Trinajstić information content (AvgIpc) is 2.74. The van der Waals surface area contributed by atoms with Gasteiger partial charge in [0.25, 0.3) is 5.56 Å². The van der Waals surface area contributed by atoms with Gasteiger partial charge >= 0.3 is 0 Å². The number of aryl methyl sites for hydroxylation is 2. The van der Waals surface area contributed by atoms with Crippen LogP contribution in [0.4, 0.5) is 11.6 Å². The first-order valence-electron chi connectivity index (χ1n) is 10.2. The molecular formula is C23H28N6O2. The van der Waals surface area contributed by atoms with E-state index in [9.17, 15) is 9.59 Å². The zero-order valence-electron chi connectivity index (χ0n) is 18.3. The summed E-state index contributed by atoms with van der Waals surface area (Å²) in [5.74, 6) is 0.544. The molecule has 8 heteroatoms. The van der Waals surface area contributed by atoms with Gasteiger partial charge in [-0.25, -0.2) is 9.97 Å². The van der Waals surface area contributed by atoms with Gasteiger partial charge < -0.3 is 16.4 Å². The number of nitrogen functional groups attached to an aromatic ring is 1. The number of aromatic nitrogens is 3. The van der Waals surface area contributed by atoms with Crippen LogP contribution < -0.4 is 21.9 Å². The van der Waals surface area contributed by atoms with Gasteiger partial charge in [0.15, 0.2) is 5.82 Å². The van der Waals surface area contributed by atoms with E-state index in [-0.39, 0.29) is 29.0 Å². The van der Waals surface area contributed by atoms with Crippen molar-refractivity contribution in [2.45, 2.75) is 40.2 Å². The fourth-order valence-corrected chi connectivity index (χ4v) is 3.34. The number of amides is 1. The number of carbonyl (C=O) groups is 1. The normalized spacial score (nSPS) is 11.7. The van der Waals surface area contributed by atoms with Crippen molar-refractivity contribution in [2.24, 2.45) is 0 Å². The molecule has 0 aliphatic heterocycles. The predicted molar refractivity (Wildman–Crippen MR) is 122 cm³/mol. The number of benzene rings is 1. The van der Waals surface area contributed by atoms with E-state index >= 15 is 0 Å². The van der Waals surface area contributed by atoms with Crippen LogP contribution in [0.25, 0.3) is 5.69 Å². The highest BCUT2D eigenvalue weighted by atomic mass is 16.1. The number of anilines is 2. The molecule has 0 aliphatic carbocycles. The van der Waals surface area contributed by atoms with Crippen molar-refractivity contribution < 1.29 is 4.79 Å². The molecule has 0 fully saturated rings. The summed E-state index contributed by atoms with van der Waals surface area (Å²) in [5, 5.41) is 5.93. The first kappa shape index (κ1) is 22.0. The van der Waals surface area contributed by atoms with E-state index in [2.05, 4.69) is 39.7 Å². The highest BCUT2D eigenvalue weighted by Crippen LogP contribution is 2.20. The second kappa shape index (κ2) is 9.42. The lowest BCUT2D eigenvalue weighted by molar-refractivity contribution is -0.119. The molecule has 0 spiro atoms. The van der Waals surface area contributed by atoms with Crippen LogP contribution in [0, 0.1) is 13.8 Å². The Bertz CT molecular complexity index is 1140. The molecule has 3 rings (SSSR count). The molecule has 0 aliphatic rings. The Kier molecular flexibility index (Phi) is 6.69. The van der Waals surface area contributed by atoms with E-state index in [1.165, 1.54) is 17.1 Å². The largest absolute Gasteiger partial charge is 0.382 e. The molecule has 162 valence electrons. The topological polar surface area (TPSA) is 115 Å². The Morgan fingerprint density at radius 3 is 2.61 bits per heavy atom. The second-order valence-electron chi connectivity index (χ2n) is 7.63. The lowest BCUT2D eigenvalue weighted by atomic mass is 10.0. The Morgan fingerprint density at radius 1 is 1.23 bits per heavy atom. The second-order valence-corrected chi connectivity index (χ2v) is 7.63. The molecule has 8 nitrogen and oxygen atoms in total. The maximum atomic E-state index is 13.2. The monoisotopic (exact) mass is 420 g/mol. The van der Waals surface area contributed by atoms with E-state index in [1.807, 2.05) is 25.1 Å². The van der Waals surface area contributed by atoms with Crippen LogP contribution in [0.1, 0.15) is 42.3 Å². The number of hydrogen-bond donors (Lipinski definition) is 3. The molecule has 0 bridgehead atoms. The number of nitrogens with two attached hydrogens (primary N) is 1. The third kappa shape index (κ3) is 5.09. The fourth-order valence-electron chi connectivity index (χ4n) is 3.34. The third-order valence-electron chi connectivity index (χ3n) is 5.18. The Morgan fingerprint density at radius 2 is 1.94 bits per heavy atom. The van der Waals surface area contributed by atoms with E-state index in [0.717, 1.165) is 5.56 Å². The molecule has 0 unspecified atom stereocenters. The van der Waals surface area contributed by atoms with Gasteiger partial charge in [0.05, 0.1) is 5.69 Å². The Hall–Kier alpha value is -3.68. The SMILES string of the molecule is CC(=O)NCc1cc(-n2c(C)cnc(NC[C@H](C)c3ccccc3)c2=O)c(N)nc1C. The number of nitrogens with one attached hydrogen (secondary N) is 2. The maximum absolute atomic E-state index is 13.2. The van der Waals surface area contributed by atoms with Crippen LogP contribution in [0.15, 0.2) is 47.4 Å². The minimum absolute atomic E-state index is 0.144. The summed E-state index contributed by atoms with van der Waals surface area (Å²) in [7, 11) is 0. The molecule has 2 aromatic heterocycles. The molecule has 0 saturated carbocycles. The number of hydrogen-bond acceptors (Lipinski definition) is 6. The quantitative estimate of drug-likeness (QED) is 0.541. The van der Waals surface area contributed by atoms with Gasteiger partial charge in [0, 0.05) is 37.6 Å². The summed E-state index contributed by atoms with van der Waals surface area (Å²) >= 11 is 0. The summed E-state index contributed by atoms with van der Waals surface area (Å²) < 4.78 is 1.50. The van der Waals surface area contributed by atoms with E-state index in [4.69, 9.17) is 5.73 Å². The highest BCUT2D eigenvalue weighted by molar-refractivity contribution is 5.73. The molecule has 1 aromatic carbocycles. The summed E-state index contributed by atoms with van der Waals surface area (Å²) in [6.07, 6.45) is 1.63. The zero-order valence-corrected chi connectivity index (χ0v) is 18.3.